The number of anilines is 3. The van der Waals surface area contributed by atoms with Gasteiger partial charge < -0.3 is 31.8 Å². The summed E-state index contributed by atoms with van der Waals surface area (Å²) in [5.41, 5.74) is 6.33. The van der Waals surface area contributed by atoms with E-state index in [0.717, 1.165) is 36.5 Å². The maximum atomic E-state index is 14.3. The summed E-state index contributed by atoms with van der Waals surface area (Å²) >= 11 is 0. The fourth-order valence-corrected chi connectivity index (χ4v) is 4.57. The highest BCUT2D eigenvalue weighted by Gasteiger charge is 2.33. The highest BCUT2D eigenvalue weighted by molar-refractivity contribution is 6.08. The molecule has 1 aliphatic heterocycles. The summed E-state index contributed by atoms with van der Waals surface area (Å²) in [7, 11) is 0. The van der Waals surface area contributed by atoms with E-state index in [4.69, 9.17) is 11.1 Å². The molecular weight excluding hydrogens is 496 g/mol. The molecule has 10 nitrogen and oxygen atoms in total. The van der Waals surface area contributed by atoms with Gasteiger partial charge in [0, 0.05) is 42.2 Å². The number of amides is 1. The van der Waals surface area contributed by atoms with Crippen molar-refractivity contribution < 1.29 is 18.7 Å². The predicted octanol–water partition coefficient (Wildman–Crippen LogP) is 2.48. The topological polar surface area (TPSA) is 149 Å². The van der Waals surface area contributed by atoms with Gasteiger partial charge >= 0.3 is 0 Å². The monoisotopic (exact) mass is 525 g/mol. The SMILES string of the molecule is CC(C)Nc1ccc(NC(=O)c2ccc(=O)n(-c3c(F)cccc3F)n2)c(N2CC(N)CC2CO)c1C=N. The first-order valence-electron chi connectivity index (χ1n) is 12.1. The van der Waals surface area contributed by atoms with Crippen LogP contribution >= 0.6 is 0 Å². The van der Waals surface area contributed by atoms with Crippen LogP contribution in [0.25, 0.3) is 5.69 Å². The van der Waals surface area contributed by atoms with Crippen LogP contribution in [0.15, 0.2) is 47.3 Å². The molecule has 0 spiro atoms. The summed E-state index contributed by atoms with van der Waals surface area (Å²) in [5, 5.41) is 28.0. The van der Waals surface area contributed by atoms with E-state index in [-0.39, 0.29) is 30.4 Å². The molecule has 2 atom stereocenters. The molecule has 0 radical (unpaired) electrons. The molecule has 38 heavy (non-hydrogen) atoms. The van der Waals surface area contributed by atoms with Gasteiger partial charge in [0.1, 0.15) is 11.4 Å². The molecule has 1 aromatic heterocycles. The molecule has 1 amide bonds. The minimum atomic E-state index is -1.01. The Morgan fingerprint density at radius 2 is 1.87 bits per heavy atom. The fraction of sp³-hybridized carbons (Fsp3) is 0.308. The van der Waals surface area contributed by atoms with Crippen molar-refractivity contribution in [2.24, 2.45) is 5.73 Å². The largest absolute Gasteiger partial charge is 0.394 e. The van der Waals surface area contributed by atoms with E-state index in [0.29, 0.717) is 40.3 Å². The van der Waals surface area contributed by atoms with Crippen LogP contribution in [-0.4, -0.2) is 58.3 Å². The van der Waals surface area contributed by atoms with Crippen LogP contribution < -0.4 is 26.8 Å². The molecule has 2 heterocycles. The highest BCUT2D eigenvalue weighted by atomic mass is 19.1. The van der Waals surface area contributed by atoms with Gasteiger partial charge in [-0.1, -0.05) is 6.07 Å². The number of para-hydroxylation sites is 1. The van der Waals surface area contributed by atoms with Gasteiger partial charge in [0.05, 0.1) is 24.0 Å². The predicted molar refractivity (Wildman–Crippen MR) is 142 cm³/mol. The molecule has 3 aromatic rings. The second-order valence-corrected chi connectivity index (χ2v) is 9.34. The molecule has 1 aliphatic rings. The lowest BCUT2D eigenvalue weighted by Crippen LogP contribution is -2.35. The zero-order valence-electron chi connectivity index (χ0n) is 20.9. The Labute approximate surface area is 217 Å². The Balaban J connectivity index is 1.78. The average Bonchev–Trinajstić information content (AvgIpc) is 3.25. The lowest BCUT2D eigenvalue weighted by Gasteiger charge is -2.30. The number of hydrogen-bond donors (Lipinski definition) is 5. The van der Waals surface area contributed by atoms with Crippen LogP contribution in [0.1, 0.15) is 36.3 Å². The lowest BCUT2D eigenvalue weighted by atomic mass is 10.1. The normalized spacial score (nSPS) is 17.1. The Kier molecular flexibility index (Phi) is 7.83. The third-order valence-electron chi connectivity index (χ3n) is 6.18. The number of benzene rings is 2. The van der Waals surface area contributed by atoms with Crippen molar-refractivity contribution in [1.82, 2.24) is 9.78 Å². The van der Waals surface area contributed by atoms with Gasteiger partial charge in [-0.2, -0.15) is 9.78 Å². The standard InChI is InChI=1S/C26H29F2N7O3/c1-14(2)31-20-6-7-21(24(17(20)11-29)34-12-15(30)10-16(34)13-36)32-26(38)22-8-9-23(37)35(33-22)25-18(27)4-3-5-19(25)28/h3-9,11,14-16,29,31,36H,10,12-13,30H2,1-2H3,(H,32,38). The van der Waals surface area contributed by atoms with Crippen LogP contribution in [0.5, 0.6) is 0 Å². The summed E-state index contributed by atoms with van der Waals surface area (Å²) in [5.74, 6) is -2.77. The third-order valence-corrected chi connectivity index (χ3v) is 6.18. The van der Waals surface area contributed by atoms with Gasteiger partial charge in [0.15, 0.2) is 11.6 Å². The molecule has 2 unspecified atom stereocenters. The molecule has 0 saturated carbocycles. The van der Waals surface area contributed by atoms with Crippen molar-refractivity contribution in [2.45, 2.75) is 38.4 Å². The Bertz CT molecular complexity index is 1410. The molecule has 0 aliphatic carbocycles. The minimum Gasteiger partial charge on any atom is -0.394 e. The lowest BCUT2D eigenvalue weighted by molar-refractivity contribution is 0.102. The number of nitrogens with one attached hydrogen (secondary N) is 3. The molecule has 2 aromatic carbocycles. The number of rotatable bonds is 8. The third kappa shape index (κ3) is 5.27. The van der Waals surface area contributed by atoms with Gasteiger partial charge in [-0.3, -0.25) is 9.59 Å². The van der Waals surface area contributed by atoms with E-state index in [9.17, 15) is 23.5 Å². The minimum absolute atomic E-state index is 0.0560. The van der Waals surface area contributed by atoms with Crippen molar-refractivity contribution in [3.05, 3.63) is 75.7 Å². The Morgan fingerprint density at radius 1 is 1.18 bits per heavy atom. The van der Waals surface area contributed by atoms with Crippen LogP contribution in [0, 0.1) is 17.0 Å². The van der Waals surface area contributed by atoms with Crippen molar-refractivity contribution in [1.29, 1.82) is 5.41 Å². The number of aliphatic hydroxyl groups excluding tert-OH is 1. The Hall–Kier alpha value is -4.16. The first-order valence-corrected chi connectivity index (χ1v) is 12.1. The van der Waals surface area contributed by atoms with Crippen LogP contribution in [-0.2, 0) is 0 Å². The molecule has 12 heteroatoms. The second-order valence-electron chi connectivity index (χ2n) is 9.34. The van der Waals surface area contributed by atoms with E-state index in [2.05, 4.69) is 15.7 Å². The van der Waals surface area contributed by atoms with E-state index >= 15 is 0 Å². The van der Waals surface area contributed by atoms with Gasteiger partial charge in [-0.05, 0) is 50.6 Å². The van der Waals surface area contributed by atoms with Gasteiger partial charge in [0.2, 0.25) is 0 Å². The summed E-state index contributed by atoms with van der Waals surface area (Å²) in [4.78, 5) is 27.5. The summed E-state index contributed by atoms with van der Waals surface area (Å²) in [6.45, 7) is 4.10. The number of nitrogens with two attached hydrogens (primary N) is 1. The summed E-state index contributed by atoms with van der Waals surface area (Å²) in [6.07, 6.45) is 1.68. The smallest absolute Gasteiger partial charge is 0.276 e. The quantitative estimate of drug-likeness (QED) is 0.284. The summed E-state index contributed by atoms with van der Waals surface area (Å²) in [6, 6.07) is 8.12. The van der Waals surface area contributed by atoms with Crippen molar-refractivity contribution in [2.75, 3.05) is 28.7 Å². The molecule has 1 fully saturated rings. The van der Waals surface area contributed by atoms with Gasteiger partial charge in [0.25, 0.3) is 11.5 Å². The molecule has 200 valence electrons. The first kappa shape index (κ1) is 26.9. The maximum absolute atomic E-state index is 14.3. The van der Waals surface area contributed by atoms with Gasteiger partial charge in [-0.25, -0.2) is 8.78 Å². The number of nitrogens with zero attached hydrogens (tertiary/aromatic N) is 3. The number of hydrogen-bond acceptors (Lipinski definition) is 8. The second kappa shape index (κ2) is 11.1. The van der Waals surface area contributed by atoms with Crippen LogP contribution in [0.4, 0.5) is 25.8 Å². The molecule has 0 bridgehead atoms. The van der Waals surface area contributed by atoms with Crippen molar-refractivity contribution in [3.63, 3.8) is 0 Å². The zero-order valence-corrected chi connectivity index (χ0v) is 20.9. The highest BCUT2D eigenvalue weighted by Crippen LogP contribution is 2.38. The van der Waals surface area contributed by atoms with Crippen LogP contribution in [0.3, 0.4) is 0 Å². The fourth-order valence-electron chi connectivity index (χ4n) is 4.57. The molecule has 6 N–H and O–H groups in total. The number of aliphatic hydroxyl groups is 1. The van der Waals surface area contributed by atoms with Crippen molar-refractivity contribution >= 4 is 29.2 Å². The van der Waals surface area contributed by atoms with E-state index in [1.165, 1.54) is 0 Å². The molecular formula is C26H29F2N7O3. The van der Waals surface area contributed by atoms with Crippen LogP contribution in [0.2, 0.25) is 0 Å². The molecule has 1 saturated heterocycles. The number of carbonyl (C=O) groups is 1. The van der Waals surface area contributed by atoms with E-state index in [1.807, 2.05) is 18.7 Å². The van der Waals surface area contributed by atoms with E-state index in [1.54, 1.807) is 12.1 Å². The van der Waals surface area contributed by atoms with E-state index < -0.39 is 28.8 Å². The first-order chi connectivity index (χ1) is 18.1. The summed E-state index contributed by atoms with van der Waals surface area (Å²) < 4.78 is 29.2. The maximum Gasteiger partial charge on any atom is 0.276 e. The zero-order chi connectivity index (χ0) is 27.6. The molecule has 4 rings (SSSR count). The number of carbonyl (C=O) groups excluding carboxylic acids is 1. The average molecular weight is 526 g/mol. The van der Waals surface area contributed by atoms with Crippen molar-refractivity contribution in [3.8, 4) is 5.69 Å². The number of halogens is 2. The Morgan fingerprint density at radius 3 is 2.50 bits per heavy atom. The van der Waals surface area contributed by atoms with Gasteiger partial charge in [-0.15, -0.1) is 0 Å². The number of aromatic nitrogens is 2.